The number of aromatic nitrogens is 1. The summed E-state index contributed by atoms with van der Waals surface area (Å²) in [5.41, 5.74) is 2.79. The molecule has 1 N–H and O–H groups in total. The predicted octanol–water partition coefficient (Wildman–Crippen LogP) is 5.25. The number of carbonyl (C=O) groups excluding carboxylic acids is 1. The molecule has 0 unspecified atom stereocenters. The summed E-state index contributed by atoms with van der Waals surface area (Å²) in [4.78, 5) is 17.1. The van der Waals surface area contributed by atoms with Gasteiger partial charge in [0.2, 0.25) is 0 Å². The van der Waals surface area contributed by atoms with Crippen molar-refractivity contribution < 1.29 is 9.53 Å². The minimum atomic E-state index is -0.192. The van der Waals surface area contributed by atoms with Crippen LogP contribution in [0.4, 0.5) is 5.00 Å². The normalized spacial score (nSPS) is 10.5. The Morgan fingerprint density at radius 3 is 2.62 bits per heavy atom. The molecule has 0 aliphatic rings. The summed E-state index contributed by atoms with van der Waals surface area (Å²) in [5.74, 6) is 1.46. The Balaban J connectivity index is 1.74. The highest BCUT2D eigenvalue weighted by Gasteiger charge is 2.16. The highest BCUT2D eigenvalue weighted by Crippen LogP contribution is 2.37. The van der Waals surface area contributed by atoms with Crippen molar-refractivity contribution in [3.05, 3.63) is 60.2 Å². The van der Waals surface area contributed by atoms with E-state index in [0.717, 1.165) is 37.7 Å². The Morgan fingerprint density at radius 1 is 1.15 bits per heavy atom. The Labute approximate surface area is 161 Å². The number of nitrogens with one attached hydrogen (secondary N) is 1. The molecule has 1 aromatic heterocycles. The van der Waals surface area contributed by atoms with Crippen LogP contribution in [0.1, 0.15) is 12.5 Å². The van der Waals surface area contributed by atoms with Crippen molar-refractivity contribution in [2.75, 3.05) is 17.7 Å². The lowest BCUT2D eigenvalue weighted by molar-refractivity contribution is -0.118. The maximum absolute atomic E-state index is 12.4. The van der Waals surface area contributed by atoms with Gasteiger partial charge in [-0.2, -0.15) is 0 Å². The van der Waals surface area contributed by atoms with E-state index < -0.39 is 0 Å². The Hall–Kier alpha value is -2.31. The van der Waals surface area contributed by atoms with E-state index in [9.17, 15) is 4.79 Å². The number of amides is 1. The zero-order valence-electron chi connectivity index (χ0n) is 14.7. The fourth-order valence-electron chi connectivity index (χ4n) is 2.39. The first-order valence-electron chi connectivity index (χ1n) is 8.34. The van der Waals surface area contributed by atoms with Crippen molar-refractivity contribution >= 4 is 34.0 Å². The van der Waals surface area contributed by atoms with Gasteiger partial charge in [0.1, 0.15) is 16.4 Å². The van der Waals surface area contributed by atoms with Crippen LogP contribution < -0.4 is 10.1 Å². The second kappa shape index (κ2) is 8.87. The maximum Gasteiger partial charge on any atom is 0.262 e. The zero-order chi connectivity index (χ0) is 18.4. The molecule has 0 saturated heterocycles. The van der Waals surface area contributed by atoms with Crippen molar-refractivity contribution in [2.24, 2.45) is 0 Å². The monoisotopic (exact) mass is 384 g/mol. The number of hydrogen-bond donors (Lipinski definition) is 1. The number of nitrogens with zero attached hydrogens (tertiary/aromatic N) is 1. The van der Waals surface area contributed by atoms with Crippen LogP contribution in [0.3, 0.4) is 0 Å². The van der Waals surface area contributed by atoms with Crippen molar-refractivity contribution in [3.8, 4) is 17.0 Å². The lowest BCUT2D eigenvalue weighted by Crippen LogP contribution is -2.20. The first-order valence-corrected chi connectivity index (χ1v) is 10.1. The molecule has 2 aromatic carbocycles. The standard InChI is InChI=1S/C20H20N2O2S2/c1-3-25-20-22-18(15-10-5-4-6-11-15)19(26-20)21-17(23)13-24-16-12-8-7-9-14(16)2/h4-12H,3,13H2,1-2H3,(H,21,23). The molecular weight excluding hydrogens is 364 g/mol. The summed E-state index contributed by atoms with van der Waals surface area (Å²) in [5, 5.41) is 3.71. The molecule has 3 aromatic rings. The number of thiazole rings is 1. The molecule has 0 radical (unpaired) electrons. The highest BCUT2D eigenvalue weighted by molar-refractivity contribution is 8.01. The molecule has 1 heterocycles. The van der Waals surface area contributed by atoms with E-state index >= 15 is 0 Å². The summed E-state index contributed by atoms with van der Waals surface area (Å²) in [6, 6.07) is 17.5. The Morgan fingerprint density at radius 2 is 1.88 bits per heavy atom. The van der Waals surface area contributed by atoms with Gasteiger partial charge in [-0.25, -0.2) is 4.98 Å². The first-order chi connectivity index (χ1) is 12.7. The fraction of sp³-hybridized carbons (Fsp3) is 0.200. The first kappa shape index (κ1) is 18.5. The molecule has 134 valence electrons. The van der Waals surface area contributed by atoms with Crippen LogP contribution in [-0.2, 0) is 4.79 Å². The number of thioether (sulfide) groups is 1. The molecule has 4 nitrogen and oxygen atoms in total. The van der Waals surface area contributed by atoms with Crippen molar-refractivity contribution in [1.29, 1.82) is 0 Å². The van der Waals surface area contributed by atoms with E-state index in [1.165, 1.54) is 11.3 Å². The lowest BCUT2D eigenvalue weighted by atomic mass is 10.2. The Kier molecular flexibility index (Phi) is 6.30. The van der Waals surface area contributed by atoms with Crippen LogP contribution in [0.5, 0.6) is 5.75 Å². The van der Waals surface area contributed by atoms with E-state index in [1.54, 1.807) is 11.8 Å². The third-order valence-electron chi connectivity index (χ3n) is 3.63. The van der Waals surface area contributed by atoms with Crippen LogP contribution >= 0.6 is 23.1 Å². The zero-order valence-corrected chi connectivity index (χ0v) is 16.3. The second-order valence-corrected chi connectivity index (χ2v) is 8.07. The molecule has 0 spiro atoms. The molecule has 0 bridgehead atoms. The van der Waals surface area contributed by atoms with Gasteiger partial charge in [-0.3, -0.25) is 4.79 Å². The molecule has 1 amide bonds. The smallest absolute Gasteiger partial charge is 0.262 e. The van der Waals surface area contributed by atoms with E-state index in [4.69, 9.17) is 4.74 Å². The van der Waals surface area contributed by atoms with Crippen LogP contribution in [0, 0.1) is 6.92 Å². The van der Waals surface area contributed by atoms with Gasteiger partial charge in [0.15, 0.2) is 10.9 Å². The van der Waals surface area contributed by atoms with E-state index in [-0.39, 0.29) is 12.5 Å². The van der Waals surface area contributed by atoms with Crippen LogP contribution in [-0.4, -0.2) is 23.3 Å². The summed E-state index contributed by atoms with van der Waals surface area (Å²) in [7, 11) is 0. The molecule has 0 aliphatic heterocycles. The summed E-state index contributed by atoms with van der Waals surface area (Å²) < 4.78 is 6.58. The van der Waals surface area contributed by atoms with Gasteiger partial charge < -0.3 is 10.1 Å². The van der Waals surface area contributed by atoms with Gasteiger partial charge in [-0.15, -0.1) is 0 Å². The van der Waals surface area contributed by atoms with Crippen LogP contribution in [0.15, 0.2) is 58.9 Å². The molecule has 26 heavy (non-hydrogen) atoms. The molecular formula is C20H20N2O2S2. The minimum Gasteiger partial charge on any atom is -0.483 e. The largest absolute Gasteiger partial charge is 0.483 e. The quantitative estimate of drug-likeness (QED) is 0.565. The number of ether oxygens (including phenoxy) is 1. The van der Waals surface area contributed by atoms with E-state index in [2.05, 4.69) is 17.2 Å². The second-order valence-electron chi connectivity index (χ2n) is 5.56. The Bertz CT molecular complexity index is 879. The number of aryl methyl sites for hydroxylation is 1. The number of anilines is 1. The molecule has 0 aliphatic carbocycles. The SMILES string of the molecule is CCSc1nc(-c2ccccc2)c(NC(=O)COc2ccccc2C)s1. The molecule has 3 rings (SSSR count). The molecule has 0 fully saturated rings. The topological polar surface area (TPSA) is 51.2 Å². The van der Waals surface area contributed by atoms with Crippen molar-refractivity contribution in [3.63, 3.8) is 0 Å². The highest BCUT2D eigenvalue weighted by atomic mass is 32.2. The van der Waals surface area contributed by atoms with Crippen LogP contribution in [0.25, 0.3) is 11.3 Å². The van der Waals surface area contributed by atoms with Crippen molar-refractivity contribution in [1.82, 2.24) is 4.98 Å². The summed E-state index contributed by atoms with van der Waals surface area (Å²) >= 11 is 3.17. The summed E-state index contributed by atoms with van der Waals surface area (Å²) in [6.45, 7) is 4.01. The number of carbonyl (C=O) groups is 1. The van der Waals surface area contributed by atoms with Gasteiger partial charge in [-0.05, 0) is 24.3 Å². The van der Waals surface area contributed by atoms with Gasteiger partial charge in [0.25, 0.3) is 5.91 Å². The van der Waals surface area contributed by atoms with E-state index in [1.807, 2.05) is 61.5 Å². The molecule has 0 saturated carbocycles. The number of rotatable bonds is 7. The van der Waals surface area contributed by atoms with Crippen LogP contribution in [0.2, 0.25) is 0 Å². The average molecular weight is 385 g/mol. The maximum atomic E-state index is 12.4. The third-order valence-corrected chi connectivity index (χ3v) is 5.62. The lowest BCUT2D eigenvalue weighted by Gasteiger charge is -2.09. The minimum absolute atomic E-state index is 0.0345. The van der Waals surface area contributed by atoms with Gasteiger partial charge >= 0.3 is 0 Å². The number of para-hydroxylation sites is 1. The van der Waals surface area contributed by atoms with E-state index in [0.29, 0.717) is 0 Å². The molecule has 0 atom stereocenters. The fourth-order valence-corrected chi connectivity index (χ4v) is 4.37. The summed E-state index contributed by atoms with van der Waals surface area (Å²) in [6.07, 6.45) is 0. The average Bonchev–Trinajstić information content (AvgIpc) is 3.04. The van der Waals surface area contributed by atoms with Gasteiger partial charge in [-0.1, -0.05) is 78.6 Å². The molecule has 6 heteroatoms. The number of benzene rings is 2. The third kappa shape index (κ3) is 4.65. The predicted molar refractivity (Wildman–Crippen MR) is 109 cm³/mol. The van der Waals surface area contributed by atoms with Gasteiger partial charge in [0, 0.05) is 5.56 Å². The number of hydrogen-bond acceptors (Lipinski definition) is 5. The van der Waals surface area contributed by atoms with Crippen molar-refractivity contribution in [2.45, 2.75) is 18.2 Å². The van der Waals surface area contributed by atoms with Gasteiger partial charge in [0.05, 0.1) is 0 Å².